The van der Waals surface area contributed by atoms with E-state index in [2.05, 4.69) is 43.5 Å². The lowest BCUT2D eigenvalue weighted by Crippen LogP contribution is -2.45. The molecule has 6 nitrogen and oxygen atoms in total. The van der Waals surface area contributed by atoms with Crippen molar-refractivity contribution >= 4 is 11.9 Å². The van der Waals surface area contributed by atoms with Crippen LogP contribution in [-0.2, 0) is 14.3 Å². The van der Waals surface area contributed by atoms with E-state index in [1.807, 2.05) is 0 Å². The zero-order valence-electron chi connectivity index (χ0n) is 48.0. The number of allylic oxidation sites excluding steroid dienone is 4. The molecule has 0 fully saturated rings. The molecule has 0 saturated heterocycles. The van der Waals surface area contributed by atoms with Gasteiger partial charge in [-0.2, -0.15) is 0 Å². The number of hydrogen-bond donors (Lipinski definition) is 3. The van der Waals surface area contributed by atoms with E-state index in [1.165, 1.54) is 250 Å². The monoisotopic (exact) mass is 1000 g/mol. The molecule has 0 radical (unpaired) electrons. The number of carbonyl (C=O) groups excluding carboxylic acids is 2. The van der Waals surface area contributed by atoms with Gasteiger partial charge in [-0.05, 0) is 77.0 Å². The van der Waals surface area contributed by atoms with Crippen LogP contribution in [0.3, 0.4) is 0 Å². The minimum Gasteiger partial charge on any atom is -0.466 e. The van der Waals surface area contributed by atoms with Gasteiger partial charge in [-0.1, -0.05) is 289 Å². The Hall–Kier alpha value is -1.66. The first kappa shape index (κ1) is 69.3. The first-order valence-corrected chi connectivity index (χ1v) is 32.1. The summed E-state index contributed by atoms with van der Waals surface area (Å²) in [6.07, 6.45) is 74.8. The van der Waals surface area contributed by atoms with Gasteiger partial charge in [0.2, 0.25) is 5.91 Å². The van der Waals surface area contributed by atoms with Crippen molar-refractivity contribution in [1.82, 2.24) is 5.32 Å². The molecule has 3 N–H and O–H groups in total. The largest absolute Gasteiger partial charge is 0.466 e. The van der Waals surface area contributed by atoms with E-state index in [0.29, 0.717) is 25.9 Å². The Morgan fingerprint density at radius 1 is 0.380 bits per heavy atom. The number of hydrogen-bond acceptors (Lipinski definition) is 5. The van der Waals surface area contributed by atoms with Crippen molar-refractivity contribution in [3.8, 4) is 0 Å². The van der Waals surface area contributed by atoms with E-state index in [4.69, 9.17) is 4.74 Å². The zero-order valence-corrected chi connectivity index (χ0v) is 48.0. The smallest absolute Gasteiger partial charge is 0.305 e. The van der Waals surface area contributed by atoms with Crippen LogP contribution in [0.2, 0.25) is 0 Å². The molecule has 71 heavy (non-hydrogen) atoms. The van der Waals surface area contributed by atoms with Crippen LogP contribution in [0.25, 0.3) is 0 Å². The third-order valence-corrected chi connectivity index (χ3v) is 15.0. The van der Waals surface area contributed by atoms with Crippen LogP contribution in [0.5, 0.6) is 0 Å². The number of ether oxygens (including phenoxy) is 1. The van der Waals surface area contributed by atoms with Crippen LogP contribution in [0.1, 0.15) is 354 Å². The molecule has 420 valence electrons. The third kappa shape index (κ3) is 57.5. The van der Waals surface area contributed by atoms with Gasteiger partial charge in [-0.25, -0.2) is 0 Å². The molecule has 0 heterocycles. The molecule has 0 aliphatic rings. The van der Waals surface area contributed by atoms with Crippen molar-refractivity contribution in [2.45, 2.75) is 366 Å². The lowest BCUT2D eigenvalue weighted by atomic mass is 10.0. The maximum atomic E-state index is 12.5. The van der Waals surface area contributed by atoms with E-state index < -0.39 is 12.1 Å². The van der Waals surface area contributed by atoms with Crippen molar-refractivity contribution in [2.24, 2.45) is 0 Å². The highest BCUT2D eigenvalue weighted by molar-refractivity contribution is 5.76. The summed E-state index contributed by atoms with van der Waals surface area (Å²) in [6.45, 7) is 4.93. The Balaban J connectivity index is 3.46. The molecule has 0 aliphatic heterocycles. The number of rotatable bonds is 60. The zero-order chi connectivity index (χ0) is 51.4. The van der Waals surface area contributed by atoms with Gasteiger partial charge in [0.1, 0.15) is 0 Å². The second-order valence-electron chi connectivity index (χ2n) is 22.1. The fraction of sp³-hybridized carbons (Fsp3) is 0.908. The maximum Gasteiger partial charge on any atom is 0.305 e. The molecule has 2 unspecified atom stereocenters. The van der Waals surface area contributed by atoms with Gasteiger partial charge in [0.25, 0.3) is 0 Å². The average molecular weight is 1000 g/mol. The number of esters is 1. The van der Waals surface area contributed by atoms with Crippen molar-refractivity contribution in [3.05, 3.63) is 24.3 Å². The van der Waals surface area contributed by atoms with Crippen LogP contribution in [-0.4, -0.2) is 47.4 Å². The van der Waals surface area contributed by atoms with E-state index in [0.717, 1.165) is 70.6 Å². The fourth-order valence-electron chi connectivity index (χ4n) is 10.0. The van der Waals surface area contributed by atoms with Crippen LogP contribution in [0.4, 0.5) is 0 Å². The van der Waals surface area contributed by atoms with E-state index in [1.54, 1.807) is 0 Å². The van der Waals surface area contributed by atoms with Gasteiger partial charge >= 0.3 is 5.97 Å². The number of carbonyl (C=O) groups is 2. The first-order chi connectivity index (χ1) is 35.0. The first-order valence-electron chi connectivity index (χ1n) is 32.1. The van der Waals surface area contributed by atoms with Crippen molar-refractivity contribution in [2.75, 3.05) is 13.2 Å². The highest BCUT2D eigenvalue weighted by atomic mass is 16.5. The lowest BCUT2D eigenvalue weighted by molar-refractivity contribution is -0.143. The highest BCUT2D eigenvalue weighted by Crippen LogP contribution is 2.18. The molecule has 6 heteroatoms. The Kier molecular flexibility index (Phi) is 59.5. The summed E-state index contributed by atoms with van der Waals surface area (Å²) in [5.41, 5.74) is 0. The average Bonchev–Trinajstić information content (AvgIpc) is 3.37. The molecule has 0 rings (SSSR count). The quantitative estimate of drug-likeness (QED) is 0.0320. The standard InChI is InChI=1S/C65H125NO5/c1-3-5-7-9-11-13-15-17-19-20-21-22-23-24-25-26-27-28-30-33-37-41-45-49-53-57-63(68)62(61-67)66-64(69)58-54-50-46-42-38-34-31-29-32-36-40-44-48-52-56-60-71-65(70)59-55-51-47-43-39-35-18-16-14-12-10-8-6-4-2/h16,18,32,36,62-63,67-68H,3-15,17,19-31,33-35,37-61H2,1-2H3,(H,66,69)/b18-16-,36-32-. The maximum absolute atomic E-state index is 12.5. The normalized spacial score (nSPS) is 12.7. The number of nitrogens with one attached hydrogen (secondary N) is 1. The van der Waals surface area contributed by atoms with Crippen molar-refractivity contribution in [3.63, 3.8) is 0 Å². The molecule has 0 aromatic carbocycles. The van der Waals surface area contributed by atoms with E-state index in [-0.39, 0.29) is 18.5 Å². The minimum atomic E-state index is -0.676. The summed E-state index contributed by atoms with van der Waals surface area (Å²) in [5.74, 6) is -0.0643. The van der Waals surface area contributed by atoms with Gasteiger partial charge in [-0.3, -0.25) is 9.59 Å². The van der Waals surface area contributed by atoms with Crippen molar-refractivity contribution in [1.29, 1.82) is 0 Å². The van der Waals surface area contributed by atoms with Gasteiger partial charge in [0, 0.05) is 12.8 Å². The fourth-order valence-corrected chi connectivity index (χ4v) is 10.0. The predicted octanol–water partition coefficient (Wildman–Crippen LogP) is 20.2. The molecule has 0 aromatic rings. The van der Waals surface area contributed by atoms with Crippen LogP contribution < -0.4 is 5.32 Å². The summed E-state index contributed by atoms with van der Waals surface area (Å²) in [5, 5.41) is 23.4. The van der Waals surface area contributed by atoms with E-state index in [9.17, 15) is 19.8 Å². The highest BCUT2D eigenvalue weighted by Gasteiger charge is 2.20. The molecule has 0 spiro atoms. The number of aliphatic hydroxyl groups excluding tert-OH is 2. The molecule has 1 amide bonds. The molecular formula is C65H125NO5. The SMILES string of the molecule is CCCCCCC/C=C\CCCCCCCC(=O)OCCCCCC/C=C\CCCCCCCCCC(=O)NC(CO)C(O)CCCCCCCCCCCCCCCCCCCCCCCCCCC. The Morgan fingerprint density at radius 2 is 0.662 bits per heavy atom. The summed E-state index contributed by atoms with van der Waals surface area (Å²) < 4.78 is 5.46. The lowest BCUT2D eigenvalue weighted by Gasteiger charge is -2.22. The summed E-state index contributed by atoms with van der Waals surface area (Å²) in [4.78, 5) is 24.6. The van der Waals surface area contributed by atoms with Gasteiger partial charge < -0.3 is 20.3 Å². The predicted molar refractivity (Wildman–Crippen MR) is 310 cm³/mol. The second kappa shape index (κ2) is 60.9. The van der Waals surface area contributed by atoms with Gasteiger partial charge in [0.05, 0.1) is 25.4 Å². The van der Waals surface area contributed by atoms with Crippen LogP contribution >= 0.6 is 0 Å². The Morgan fingerprint density at radius 3 is 1.00 bits per heavy atom. The molecule has 2 atom stereocenters. The third-order valence-electron chi connectivity index (χ3n) is 15.0. The second-order valence-corrected chi connectivity index (χ2v) is 22.1. The molecule has 0 aromatic heterocycles. The molecule has 0 saturated carbocycles. The number of unbranched alkanes of at least 4 members (excludes halogenated alkanes) is 45. The van der Waals surface area contributed by atoms with Gasteiger partial charge in [-0.15, -0.1) is 0 Å². The number of amides is 1. The summed E-state index contributed by atoms with van der Waals surface area (Å²) >= 11 is 0. The molecular weight excluding hydrogens is 875 g/mol. The Labute approximate surface area is 443 Å². The summed E-state index contributed by atoms with van der Waals surface area (Å²) in [7, 11) is 0. The minimum absolute atomic E-state index is 0.0176. The van der Waals surface area contributed by atoms with Gasteiger partial charge in [0.15, 0.2) is 0 Å². The number of aliphatic hydroxyl groups is 2. The summed E-state index contributed by atoms with van der Waals surface area (Å²) in [6, 6.07) is -0.555. The van der Waals surface area contributed by atoms with Crippen LogP contribution in [0, 0.1) is 0 Å². The van der Waals surface area contributed by atoms with Crippen LogP contribution in [0.15, 0.2) is 24.3 Å². The van der Waals surface area contributed by atoms with Crippen molar-refractivity contribution < 1.29 is 24.5 Å². The molecule has 0 aliphatic carbocycles. The topological polar surface area (TPSA) is 95.9 Å². The molecule has 0 bridgehead atoms. The Bertz CT molecular complexity index is 1110. The van der Waals surface area contributed by atoms with E-state index >= 15 is 0 Å².